The number of aliphatic hydroxyl groups is 1. The van der Waals surface area contributed by atoms with Gasteiger partial charge in [-0.15, -0.1) is 0 Å². The van der Waals surface area contributed by atoms with E-state index in [1.54, 1.807) is 48.5 Å². The van der Waals surface area contributed by atoms with Gasteiger partial charge in [0, 0.05) is 18.7 Å². The molecule has 0 aliphatic heterocycles. The smallest absolute Gasteiger partial charge is 0.408 e. The van der Waals surface area contributed by atoms with Crippen LogP contribution in [0.4, 0.5) is 10.5 Å². The Kier molecular flexibility index (Phi) is 10.7. The number of alkyl carbamates (subject to hydrolysis) is 1. The molecule has 10 nitrogen and oxygen atoms in total. The Bertz CT molecular complexity index is 1230. The van der Waals surface area contributed by atoms with Crippen LogP contribution < -0.4 is 10.6 Å². The molecule has 1 atom stereocenters. The lowest BCUT2D eigenvalue weighted by molar-refractivity contribution is -0.139. The Morgan fingerprint density at radius 3 is 2.42 bits per heavy atom. The van der Waals surface area contributed by atoms with Crippen LogP contribution in [0.15, 0.2) is 54.6 Å². The molecule has 4 N–H and O–H groups in total. The zero-order chi connectivity index (χ0) is 27.5. The van der Waals surface area contributed by atoms with E-state index in [1.807, 2.05) is 10.6 Å². The molecule has 0 saturated heterocycles. The zero-order valence-corrected chi connectivity index (χ0v) is 21.8. The number of amides is 2. The lowest BCUT2D eigenvalue weighted by atomic mass is 10.1. The number of aromatic nitrogens is 2. The predicted octanol–water partition coefficient (Wildman–Crippen LogP) is 4.13. The Hall–Kier alpha value is -3.89. The van der Waals surface area contributed by atoms with Crippen LogP contribution in [0.1, 0.15) is 48.8 Å². The minimum atomic E-state index is -1.34. The first-order valence-electron chi connectivity index (χ1n) is 12.2. The topological polar surface area (TPSA) is 143 Å². The molecule has 0 spiro atoms. The summed E-state index contributed by atoms with van der Waals surface area (Å²) in [4.78, 5) is 40.6. The number of anilines is 1. The number of nitrogens with zero attached hydrogens (tertiary/aromatic N) is 2. The fourth-order valence-electron chi connectivity index (χ4n) is 3.76. The average Bonchev–Trinajstić information content (AvgIpc) is 3.20. The Balaban J connectivity index is 1.63. The number of hydrogen-bond acceptors (Lipinski definition) is 6. The van der Waals surface area contributed by atoms with Gasteiger partial charge in [0.25, 0.3) is 0 Å². The van der Waals surface area contributed by atoms with E-state index < -0.39 is 30.4 Å². The van der Waals surface area contributed by atoms with Crippen molar-refractivity contribution in [3.05, 3.63) is 82.4 Å². The number of benzene rings is 2. The van der Waals surface area contributed by atoms with Crippen molar-refractivity contribution in [2.24, 2.45) is 0 Å². The fraction of sp³-hybridized carbons (Fsp3) is 0.333. The summed E-state index contributed by atoms with van der Waals surface area (Å²) in [5.74, 6) is -1.15. The molecule has 0 fully saturated rings. The van der Waals surface area contributed by atoms with Gasteiger partial charge in [-0.25, -0.2) is 9.78 Å². The maximum atomic E-state index is 12.8. The third-order valence-electron chi connectivity index (χ3n) is 5.77. The normalized spacial score (nSPS) is 11.6. The number of carbonyl (C=O) groups is 3. The largest absolute Gasteiger partial charge is 0.481 e. The average molecular weight is 543 g/mol. The van der Waals surface area contributed by atoms with Crippen LogP contribution in [-0.2, 0) is 40.5 Å². The standard InChI is InChI=1S/C27H31ClN4O6/c1-2-3-9-23-31-25(28)22(16-33)32(23)15-18-10-12-20(13-11-18)29-26(36)21(14-24(34)35)30-27(37)38-17-19-7-5-4-6-8-19/h4-8,10-13,21,33H,2-3,9,14-17H2,1H3,(H,29,36)(H,30,37)(H,34,35)/t21-/m0/s1. The van der Waals surface area contributed by atoms with E-state index in [4.69, 9.17) is 16.3 Å². The maximum Gasteiger partial charge on any atom is 0.408 e. The fourth-order valence-corrected chi connectivity index (χ4v) is 4.02. The number of carboxylic acids is 1. The van der Waals surface area contributed by atoms with Gasteiger partial charge >= 0.3 is 12.1 Å². The minimum absolute atomic E-state index is 0.0180. The molecule has 2 amide bonds. The van der Waals surface area contributed by atoms with E-state index in [-0.39, 0.29) is 18.4 Å². The first-order valence-corrected chi connectivity index (χ1v) is 12.6. The van der Waals surface area contributed by atoms with Crippen LogP contribution in [0.2, 0.25) is 5.15 Å². The van der Waals surface area contributed by atoms with Gasteiger partial charge in [-0.2, -0.15) is 0 Å². The third-order valence-corrected chi connectivity index (χ3v) is 6.07. The van der Waals surface area contributed by atoms with Crippen molar-refractivity contribution in [2.45, 2.75) is 58.4 Å². The highest BCUT2D eigenvalue weighted by Gasteiger charge is 2.25. The number of rotatable bonds is 13. The van der Waals surface area contributed by atoms with E-state index in [0.717, 1.165) is 36.2 Å². The number of carbonyl (C=O) groups excluding carboxylic acids is 2. The summed E-state index contributed by atoms with van der Waals surface area (Å²) in [7, 11) is 0. The van der Waals surface area contributed by atoms with Gasteiger partial charge in [0.05, 0.1) is 18.7 Å². The number of aliphatic carboxylic acids is 1. The molecular weight excluding hydrogens is 512 g/mol. The Morgan fingerprint density at radius 2 is 1.79 bits per heavy atom. The van der Waals surface area contributed by atoms with Gasteiger partial charge in [0.2, 0.25) is 5.91 Å². The van der Waals surface area contributed by atoms with Crippen molar-refractivity contribution in [2.75, 3.05) is 5.32 Å². The number of hydrogen-bond donors (Lipinski definition) is 4. The van der Waals surface area contributed by atoms with E-state index in [2.05, 4.69) is 22.5 Å². The monoisotopic (exact) mass is 542 g/mol. The lowest BCUT2D eigenvalue weighted by Gasteiger charge is -2.17. The van der Waals surface area contributed by atoms with Crippen molar-refractivity contribution < 1.29 is 29.3 Å². The molecule has 0 aliphatic rings. The number of nitrogens with one attached hydrogen (secondary N) is 2. The summed E-state index contributed by atoms with van der Waals surface area (Å²) >= 11 is 6.21. The summed E-state index contributed by atoms with van der Waals surface area (Å²) in [5, 5.41) is 24.2. The number of aryl methyl sites for hydroxylation is 1. The summed E-state index contributed by atoms with van der Waals surface area (Å²) in [6, 6.07) is 14.6. The quantitative estimate of drug-likeness (QED) is 0.254. The molecular formula is C27H31ClN4O6. The van der Waals surface area contributed by atoms with Crippen LogP contribution in [-0.4, -0.2) is 43.8 Å². The second-order valence-electron chi connectivity index (χ2n) is 8.66. The summed E-state index contributed by atoms with van der Waals surface area (Å²) in [5.41, 5.74) is 2.60. The molecule has 0 radical (unpaired) electrons. The van der Waals surface area contributed by atoms with Crippen LogP contribution in [0.25, 0.3) is 0 Å². The Morgan fingerprint density at radius 1 is 1.08 bits per heavy atom. The highest BCUT2D eigenvalue weighted by atomic mass is 35.5. The molecule has 1 aromatic heterocycles. The predicted molar refractivity (Wildman–Crippen MR) is 142 cm³/mol. The number of halogens is 1. The van der Waals surface area contributed by atoms with Crippen LogP contribution in [0, 0.1) is 0 Å². The summed E-state index contributed by atoms with van der Waals surface area (Å²) < 4.78 is 7.00. The molecule has 3 aromatic rings. The molecule has 3 rings (SSSR count). The van der Waals surface area contributed by atoms with Crippen molar-refractivity contribution >= 4 is 35.3 Å². The molecule has 0 unspecified atom stereocenters. The maximum absolute atomic E-state index is 12.8. The molecule has 2 aromatic carbocycles. The molecule has 202 valence electrons. The molecule has 0 bridgehead atoms. The second kappa shape index (κ2) is 14.2. The van der Waals surface area contributed by atoms with Gasteiger partial charge in [0.1, 0.15) is 18.5 Å². The second-order valence-corrected chi connectivity index (χ2v) is 9.01. The van der Waals surface area contributed by atoms with E-state index >= 15 is 0 Å². The van der Waals surface area contributed by atoms with Crippen LogP contribution >= 0.6 is 11.6 Å². The van der Waals surface area contributed by atoms with E-state index in [9.17, 15) is 24.6 Å². The highest BCUT2D eigenvalue weighted by Crippen LogP contribution is 2.21. The lowest BCUT2D eigenvalue weighted by Crippen LogP contribution is -2.45. The molecule has 0 saturated carbocycles. The summed E-state index contributed by atoms with van der Waals surface area (Å²) in [6.07, 6.45) is 1.15. The number of carboxylic acid groups (broad SMARTS) is 1. The van der Waals surface area contributed by atoms with Gasteiger partial charge in [-0.1, -0.05) is 67.4 Å². The minimum Gasteiger partial charge on any atom is -0.481 e. The third kappa shape index (κ3) is 8.32. The van der Waals surface area contributed by atoms with E-state index in [0.29, 0.717) is 17.9 Å². The zero-order valence-electron chi connectivity index (χ0n) is 21.0. The highest BCUT2D eigenvalue weighted by molar-refractivity contribution is 6.30. The van der Waals surface area contributed by atoms with Crippen molar-refractivity contribution in [1.82, 2.24) is 14.9 Å². The van der Waals surface area contributed by atoms with Gasteiger partial charge in [0.15, 0.2) is 5.15 Å². The molecule has 11 heteroatoms. The molecule has 0 aliphatic carbocycles. The van der Waals surface area contributed by atoms with Crippen molar-refractivity contribution in [3.63, 3.8) is 0 Å². The first kappa shape index (κ1) is 28.7. The van der Waals surface area contributed by atoms with Crippen LogP contribution in [0.5, 0.6) is 0 Å². The molecule has 1 heterocycles. The van der Waals surface area contributed by atoms with Gasteiger partial charge in [-0.3, -0.25) is 9.59 Å². The molecule has 38 heavy (non-hydrogen) atoms. The van der Waals surface area contributed by atoms with Gasteiger partial charge < -0.3 is 30.2 Å². The summed E-state index contributed by atoms with van der Waals surface area (Å²) in [6.45, 7) is 2.26. The number of unbranched alkanes of at least 4 members (excludes halogenated alkanes) is 1. The van der Waals surface area contributed by atoms with Crippen LogP contribution in [0.3, 0.4) is 0 Å². The van der Waals surface area contributed by atoms with Crippen molar-refractivity contribution in [1.29, 1.82) is 0 Å². The number of aliphatic hydroxyl groups excluding tert-OH is 1. The first-order chi connectivity index (χ1) is 18.3. The number of imidazole rings is 1. The number of ether oxygens (including phenoxy) is 1. The van der Waals surface area contributed by atoms with Gasteiger partial charge in [-0.05, 0) is 29.7 Å². The van der Waals surface area contributed by atoms with E-state index in [1.165, 1.54) is 0 Å². The van der Waals surface area contributed by atoms with Crippen molar-refractivity contribution in [3.8, 4) is 0 Å². The Labute approximate surface area is 225 Å². The SMILES string of the molecule is CCCCc1nc(Cl)c(CO)n1Cc1ccc(NC(=O)[C@H](CC(=O)O)NC(=O)OCc2ccccc2)cc1.